The van der Waals surface area contributed by atoms with E-state index in [9.17, 15) is 8.78 Å². The fraction of sp³-hybridized carbons (Fsp3) is 0.400. The normalized spacial score (nSPS) is 12.1. The standard InChI is InChI=1S/C15H18BrF2N5O2/c1-4-9(7-5-10(24-2)11(25-3)6-8(7)16)20-15-22-13(12(17)18)21-14(19)23-15/h5-6,9,12H,4H2,1-3H3,(H3,19,20,21,22,23)/t9-/m1/s1. The van der Waals surface area contributed by atoms with Gasteiger partial charge in [0.2, 0.25) is 17.7 Å². The van der Waals surface area contributed by atoms with E-state index in [2.05, 4.69) is 36.2 Å². The SMILES string of the molecule is CC[C@@H](Nc1nc(N)nc(C(F)F)n1)c1cc(OC)c(OC)cc1Br. The summed E-state index contributed by atoms with van der Waals surface area (Å²) in [4.78, 5) is 11.0. The van der Waals surface area contributed by atoms with Gasteiger partial charge in [0.25, 0.3) is 6.43 Å². The van der Waals surface area contributed by atoms with Gasteiger partial charge in [0.1, 0.15) is 0 Å². The predicted molar refractivity (Wildman–Crippen MR) is 93.1 cm³/mol. The van der Waals surface area contributed by atoms with Crippen molar-refractivity contribution in [2.45, 2.75) is 25.8 Å². The summed E-state index contributed by atoms with van der Waals surface area (Å²) in [6.45, 7) is 1.93. The van der Waals surface area contributed by atoms with Gasteiger partial charge in [0, 0.05) is 4.47 Å². The summed E-state index contributed by atoms with van der Waals surface area (Å²) >= 11 is 3.48. The van der Waals surface area contributed by atoms with Crippen LogP contribution in [0.15, 0.2) is 16.6 Å². The minimum Gasteiger partial charge on any atom is -0.493 e. The molecule has 1 heterocycles. The lowest BCUT2D eigenvalue weighted by atomic mass is 10.0. The van der Waals surface area contributed by atoms with Crippen molar-refractivity contribution in [1.82, 2.24) is 15.0 Å². The van der Waals surface area contributed by atoms with E-state index < -0.39 is 12.2 Å². The molecule has 7 nitrogen and oxygen atoms in total. The second kappa shape index (κ2) is 8.24. The maximum atomic E-state index is 12.8. The van der Waals surface area contributed by atoms with Crippen LogP contribution in [0.3, 0.4) is 0 Å². The second-order valence-corrected chi connectivity index (χ2v) is 5.86. The van der Waals surface area contributed by atoms with Gasteiger partial charge in [0.15, 0.2) is 11.5 Å². The molecule has 3 N–H and O–H groups in total. The van der Waals surface area contributed by atoms with Crippen molar-refractivity contribution in [2.75, 3.05) is 25.3 Å². The van der Waals surface area contributed by atoms with Crippen LogP contribution in [-0.2, 0) is 0 Å². The zero-order valence-electron chi connectivity index (χ0n) is 13.9. The van der Waals surface area contributed by atoms with Crippen LogP contribution in [0.5, 0.6) is 11.5 Å². The number of alkyl halides is 2. The molecule has 1 atom stereocenters. The molecule has 2 rings (SSSR count). The van der Waals surface area contributed by atoms with Crippen molar-refractivity contribution < 1.29 is 18.3 Å². The number of rotatable bonds is 7. The number of nitrogen functional groups attached to an aromatic ring is 1. The summed E-state index contributed by atoms with van der Waals surface area (Å²) in [6.07, 6.45) is -2.21. The van der Waals surface area contributed by atoms with Gasteiger partial charge in [0.05, 0.1) is 20.3 Å². The van der Waals surface area contributed by atoms with Gasteiger partial charge in [-0.1, -0.05) is 22.9 Å². The summed E-state index contributed by atoms with van der Waals surface area (Å²) in [5, 5.41) is 3.01. The van der Waals surface area contributed by atoms with Crippen LogP contribution in [-0.4, -0.2) is 29.2 Å². The molecule has 1 aromatic heterocycles. The molecule has 0 saturated heterocycles. The Bertz CT molecular complexity index is 748. The van der Waals surface area contributed by atoms with Crippen LogP contribution in [0.1, 0.15) is 37.2 Å². The van der Waals surface area contributed by atoms with E-state index in [1.807, 2.05) is 6.92 Å². The van der Waals surface area contributed by atoms with Crippen molar-refractivity contribution in [3.8, 4) is 11.5 Å². The summed E-state index contributed by atoms with van der Waals surface area (Å²) in [5.41, 5.74) is 6.32. The first-order valence-corrected chi connectivity index (χ1v) is 8.16. The molecule has 136 valence electrons. The third-order valence-corrected chi connectivity index (χ3v) is 4.14. The molecule has 0 bridgehead atoms. The highest BCUT2D eigenvalue weighted by molar-refractivity contribution is 9.10. The van der Waals surface area contributed by atoms with Crippen LogP contribution in [0.25, 0.3) is 0 Å². The summed E-state index contributed by atoms with van der Waals surface area (Å²) < 4.78 is 37.0. The molecule has 10 heteroatoms. The molecule has 0 amide bonds. The number of aromatic nitrogens is 3. The third-order valence-electron chi connectivity index (χ3n) is 3.46. The van der Waals surface area contributed by atoms with Crippen molar-refractivity contribution in [1.29, 1.82) is 0 Å². The van der Waals surface area contributed by atoms with Crippen molar-refractivity contribution in [3.63, 3.8) is 0 Å². The Hall–Kier alpha value is -2.23. The van der Waals surface area contributed by atoms with Gasteiger partial charge in [-0.25, -0.2) is 8.78 Å². The minimum atomic E-state index is -2.83. The van der Waals surface area contributed by atoms with E-state index in [4.69, 9.17) is 15.2 Å². The quantitative estimate of drug-likeness (QED) is 0.708. The van der Waals surface area contributed by atoms with Crippen molar-refractivity contribution in [2.24, 2.45) is 0 Å². The molecule has 1 aromatic carbocycles. The van der Waals surface area contributed by atoms with Crippen LogP contribution in [0, 0.1) is 0 Å². The summed E-state index contributed by atoms with van der Waals surface area (Å²) in [6, 6.07) is 3.29. The first-order chi connectivity index (χ1) is 11.9. The number of benzene rings is 1. The molecule has 0 spiro atoms. The highest BCUT2D eigenvalue weighted by Gasteiger charge is 2.20. The highest BCUT2D eigenvalue weighted by atomic mass is 79.9. The number of anilines is 2. The smallest absolute Gasteiger partial charge is 0.297 e. The molecule has 0 fully saturated rings. The highest BCUT2D eigenvalue weighted by Crippen LogP contribution is 2.37. The molecule has 0 saturated carbocycles. The monoisotopic (exact) mass is 417 g/mol. The number of nitrogens with one attached hydrogen (secondary N) is 1. The van der Waals surface area contributed by atoms with Gasteiger partial charge in [-0.05, 0) is 24.1 Å². The molecular weight excluding hydrogens is 400 g/mol. The number of ether oxygens (including phenoxy) is 2. The van der Waals surface area contributed by atoms with E-state index >= 15 is 0 Å². The van der Waals surface area contributed by atoms with Crippen LogP contribution >= 0.6 is 15.9 Å². The molecule has 0 radical (unpaired) electrons. The number of nitrogens with two attached hydrogens (primary N) is 1. The number of halogens is 3. The lowest BCUT2D eigenvalue weighted by molar-refractivity contribution is 0.140. The van der Waals surface area contributed by atoms with Gasteiger partial charge < -0.3 is 20.5 Å². The molecule has 0 unspecified atom stereocenters. The maximum absolute atomic E-state index is 12.8. The summed E-state index contributed by atoms with van der Waals surface area (Å²) in [7, 11) is 3.07. The topological polar surface area (TPSA) is 95.2 Å². The van der Waals surface area contributed by atoms with Gasteiger partial charge >= 0.3 is 0 Å². The van der Waals surface area contributed by atoms with E-state index in [0.29, 0.717) is 17.9 Å². The molecule has 0 aliphatic heterocycles. The largest absolute Gasteiger partial charge is 0.493 e. The Labute approximate surface area is 152 Å². The average Bonchev–Trinajstić information content (AvgIpc) is 2.59. The molecule has 0 aliphatic carbocycles. The van der Waals surface area contributed by atoms with E-state index in [-0.39, 0.29) is 17.9 Å². The molecular formula is C15H18BrF2N5O2. The Morgan fingerprint density at radius 1 is 1.16 bits per heavy atom. The first kappa shape index (κ1) is 19.1. The number of hydrogen-bond donors (Lipinski definition) is 2. The van der Waals surface area contributed by atoms with E-state index in [0.717, 1.165) is 10.0 Å². The molecule has 25 heavy (non-hydrogen) atoms. The van der Waals surface area contributed by atoms with Gasteiger partial charge in [-0.3, -0.25) is 0 Å². The molecule has 2 aromatic rings. The Kier molecular flexibility index (Phi) is 6.29. The second-order valence-electron chi connectivity index (χ2n) is 5.01. The maximum Gasteiger partial charge on any atom is 0.297 e. The Balaban J connectivity index is 2.38. The zero-order valence-corrected chi connectivity index (χ0v) is 15.5. The van der Waals surface area contributed by atoms with Gasteiger partial charge in [-0.2, -0.15) is 15.0 Å². The third kappa shape index (κ3) is 4.44. The number of hydrogen-bond acceptors (Lipinski definition) is 7. The Morgan fingerprint density at radius 2 is 1.80 bits per heavy atom. The number of methoxy groups -OCH3 is 2. The average molecular weight is 418 g/mol. The molecule has 0 aliphatic rings. The lowest BCUT2D eigenvalue weighted by Gasteiger charge is -2.21. The van der Waals surface area contributed by atoms with Gasteiger partial charge in [-0.15, -0.1) is 0 Å². The van der Waals surface area contributed by atoms with E-state index in [1.54, 1.807) is 19.2 Å². The zero-order chi connectivity index (χ0) is 18.6. The Morgan fingerprint density at radius 3 is 2.36 bits per heavy atom. The minimum absolute atomic E-state index is 0.0173. The van der Waals surface area contributed by atoms with Crippen molar-refractivity contribution in [3.05, 3.63) is 28.0 Å². The lowest BCUT2D eigenvalue weighted by Crippen LogP contribution is -2.15. The van der Waals surface area contributed by atoms with Crippen LogP contribution in [0.2, 0.25) is 0 Å². The predicted octanol–water partition coefficient (Wildman–Crippen LogP) is 3.73. The fourth-order valence-corrected chi connectivity index (χ4v) is 2.86. The van der Waals surface area contributed by atoms with Crippen molar-refractivity contribution >= 4 is 27.8 Å². The number of nitrogens with zero attached hydrogens (tertiary/aromatic N) is 3. The first-order valence-electron chi connectivity index (χ1n) is 7.37. The van der Waals surface area contributed by atoms with E-state index in [1.165, 1.54) is 7.11 Å². The van der Waals surface area contributed by atoms with Crippen LogP contribution in [0.4, 0.5) is 20.7 Å². The summed E-state index contributed by atoms with van der Waals surface area (Å²) in [5.74, 6) is 0.156. The fourth-order valence-electron chi connectivity index (χ4n) is 2.26. The van der Waals surface area contributed by atoms with Crippen LogP contribution < -0.4 is 20.5 Å².